The minimum atomic E-state index is 0.206. The summed E-state index contributed by atoms with van der Waals surface area (Å²) in [6.45, 7) is 4.22. The van der Waals surface area contributed by atoms with Crippen molar-refractivity contribution in [3.8, 4) is 0 Å². The van der Waals surface area contributed by atoms with Crippen LogP contribution in [0.1, 0.15) is 46.0 Å². The molecule has 0 atom stereocenters. The summed E-state index contributed by atoms with van der Waals surface area (Å²) in [5.74, 6) is 0.618. The number of aromatic nitrogens is 4. The topological polar surface area (TPSA) is 63.9 Å². The largest absolute Gasteiger partial charge is 0.337 e. The molecule has 1 fully saturated rings. The first-order chi connectivity index (χ1) is 11.6. The lowest BCUT2D eigenvalue weighted by molar-refractivity contribution is -0.133. The van der Waals surface area contributed by atoms with Crippen molar-refractivity contribution in [1.82, 2.24) is 24.6 Å². The Morgan fingerprint density at radius 1 is 1.33 bits per heavy atom. The normalized spacial score (nSPS) is 16.0. The van der Waals surface area contributed by atoms with Gasteiger partial charge in [0.25, 0.3) is 0 Å². The number of rotatable bonds is 5. The van der Waals surface area contributed by atoms with Crippen molar-refractivity contribution in [2.75, 3.05) is 5.75 Å². The predicted octanol–water partition coefficient (Wildman–Crippen LogP) is 3.03. The lowest BCUT2D eigenvalue weighted by Gasteiger charge is -2.37. The van der Waals surface area contributed by atoms with Crippen LogP contribution >= 0.6 is 11.8 Å². The Kier molecular flexibility index (Phi) is 5.38. The molecule has 130 valence electrons. The second-order valence-electron chi connectivity index (χ2n) is 6.66. The zero-order valence-electron chi connectivity index (χ0n) is 14.6. The summed E-state index contributed by atoms with van der Waals surface area (Å²) in [5, 5.41) is 5.96. The van der Waals surface area contributed by atoms with Crippen LogP contribution < -0.4 is 0 Å². The molecule has 2 aromatic rings. The van der Waals surface area contributed by atoms with Gasteiger partial charge in [-0.05, 0) is 26.7 Å². The fourth-order valence-electron chi connectivity index (χ4n) is 3.53. The maximum absolute atomic E-state index is 12.8. The fraction of sp³-hybridized carbons (Fsp3) is 0.647. The molecule has 1 amide bonds. The molecule has 0 spiro atoms. The molecule has 24 heavy (non-hydrogen) atoms. The molecule has 0 radical (unpaired) electrons. The summed E-state index contributed by atoms with van der Waals surface area (Å²) >= 11 is 1.49. The Morgan fingerprint density at radius 2 is 2.08 bits per heavy atom. The minimum Gasteiger partial charge on any atom is -0.337 e. The molecule has 2 heterocycles. The zero-order chi connectivity index (χ0) is 17.1. The molecule has 0 saturated heterocycles. The second-order valence-corrected chi connectivity index (χ2v) is 7.62. The molecular formula is C17H25N5OS. The maximum atomic E-state index is 12.8. The van der Waals surface area contributed by atoms with E-state index in [1.807, 2.05) is 7.05 Å². The summed E-state index contributed by atoms with van der Waals surface area (Å²) in [7, 11) is 1.86. The van der Waals surface area contributed by atoms with Gasteiger partial charge in [-0.1, -0.05) is 31.0 Å². The van der Waals surface area contributed by atoms with E-state index in [0.29, 0.717) is 11.8 Å². The van der Waals surface area contributed by atoms with Gasteiger partial charge in [0.1, 0.15) is 11.4 Å². The number of hydrogen-bond acceptors (Lipinski definition) is 5. The molecule has 0 aromatic carbocycles. The SMILES string of the molecule is CC(C)N(C(=O)CSc1ncnc2c1cnn2C)C1CCCCC1. The number of thioether (sulfide) groups is 1. The van der Waals surface area contributed by atoms with Crippen molar-refractivity contribution in [2.45, 2.75) is 63.1 Å². The first kappa shape index (κ1) is 17.2. The third-order valence-corrected chi connectivity index (χ3v) is 5.63. The molecule has 0 bridgehead atoms. The van der Waals surface area contributed by atoms with Gasteiger partial charge in [0.15, 0.2) is 5.65 Å². The highest BCUT2D eigenvalue weighted by Crippen LogP contribution is 2.27. The maximum Gasteiger partial charge on any atom is 0.233 e. The van der Waals surface area contributed by atoms with Gasteiger partial charge < -0.3 is 4.90 Å². The first-order valence-electron chi connectivity index (χ1n) is 8.64. The van der Waals surface area contributed by atoms with E-state index in [1.165, 1.54) is 37.4 Å². The van der Waals surface area contributed by atoms with Crippen LogP contribution in [0.2, 0.25) is 0 Å². The van der Waals surface area contributed by atoms with Crippen molar-refractivity contribution in [1.29, 1.82) is 0 Å². The summed E-state index contributed by atoms with van der Waals surface area (Å²) in [6.07, 6.45) is 9.34. The Bertz CT molecular complexity index is 708. The first-order valence-corrected chi connectivity index (χ1v) is 9.63. The van der Waals surface area contributed by atoms with Crippen LogP contribution in [0.4, 0.5) is 0 Å². The van der Waals surface area contributed by atoms with Crippen LogP contribution in [0.15, 0.2) is 17.6 Å². The average Bonchev–Trinajstić information content (AvgIpc) is 2.96. The van der Waals surface area contributed by atoms with E-state index >= 15 is 0 Å². The van der Waals surface area contributed by atoms with Crippen LogP contribution in [-0.4, -0.2) is 48.4 Å². The molecular weight excluding hydrogens is 322 g/mol. The van der Waals surface area contributed by atoms with Gasteiger partial charge in [-0.2, -0.15) is 5.10 Å². The molecule has 6 nitrogen and oxygen atoms in total. The Morgan fingerprint density at radius 3 is 2.79 bits per heavy atom. The van der Waals surface area contributed by atoms with Gasteiger partial charge in [-0.15, -0.1) is 0 Å². The number of aryl methyl sites for hydroxylation is 1. The molecule has 2 aromatic heterocycles. The third-order valence-electron chi connectivity index (χ3n) is 4.64. The van der Waals surface area contributed by atoms with Gasteiger partial charge in [0.2, 0.25) is 5.91 Å². The highest BCUT2D eigenvalue weighted by atomic mass is 32.2. The van der Waals surface area contributed by atoms with E-state index in [0.717, 1.165) is 28.9 Å². The highest BCUT2D eigenvalue weighted by molar-refractivity contribution is 8.00. The van der Waals surface area contributed by atoms with E-state index < -0.39 is 0 Å². The molecule has 1 aliphatic carbocycles. The van der Waals surface area contributed by atoms with Crippen molar-refractivity contribution in [2.24, 2.45) is 7.05 Å². The zero-order valence-corrected chi connectivity index (χ0v) is 15.4. The fourth-order valence-corrected chi connectivity index (χ4v) is 4.36. The van der Waals surface area contributed by atoms with Crippen LogP contribution in [-0.2, 0) is 11.8 Å². The van der Waals surface area contributed by atoms with Crippen LogP contribution in [0.25, 0.3) is 11.0 Å². The summed E-state index contributed by atoms with van der Waals surface area (Å²) < 4.78 is 1.73. The average molecular weight is 347 g/mol. The lowest BCUT2D eigenvalue weighted by atomic mass is 9.93. The van der Waals surface area contributed by atoms with Gasteiger partial charge in [-0.3, -0.25) is 9.48 Å². The van der Waals surface area contributed by atoms with Crippen LogP contribution in [0.3, 0.4) is 0 Å². The third kappa shape index (κ3) is 3.55. The number of amides is 1. The molecule has 1 aliphatic rings. The Hall–Kier alpha value is -1.63. The van der Waals surface area contributed by atoms with Crippen LogP contribution in [0, 0.1) is 0 Å². The molecule has 0 unspecified atom stereocenters. The van der Waals surface area contributed by atoms with Crippen molar-refractivity contribution in [3.63, 3.8) is 0 Å². The predicted molar refractivity (Wildman–Crippen MR) is 95.9 cm³/mol. The second kappa shape index (κ2) is 7.51. The minimum absolute atomic E-state index is 0.206. The summed E-state index contributed by atoms with van der Waals surface area (Å²) in [6, 6.07) is 0.640. The lowest BCUT2D eigenvalue weighted by Crippen LogP contribution is -2.46. The van der Waals surface area contributed by atoms with E-state index in [4.69, 9.17) is 0 Å². The van der Waals surface area contributed by atoms with Crippen molar-refractivity contribution >= 4 is 28.7 Å². The van der Waals surface area contributed by atoms with Gasteiger partial charge in [0.05, 0.1) is 17.3 Å². The number of nitrogens with zero attached hydrogens (tertiary/aromatic N) is 5. The number of carbonyl (C=O) groups is 1. The van der Waals surface area contributed by atoms with Crippen molar-refractivity contribution < 1.29 is 4.79 Å². The number of fused-ring (bicyclic) bond motifs is 1. The number of carbonyl (C=O) groups excluding carboxylic acids is 1. The van der Waals surface area contributed by atoms with Gasteiger partial charge in [-0.25, -0.2) is 9.97 Å². The van der Waals surface area contributed by atoms with E-state index in [1.54, 1.807) is 10.9 Å². The van der Waals surface area contributed by atoms with E-state index in [2.05, 4.69) is 33.8 Å². The van der Waals surface area contributed by atoms with E-state index in [9.17, 15) is 4.79 Å². The highest BCUT2D eigenvalue weighted by Gasteiger charge is 2.27. The quantitative estimate of drug-likeness (QED) is 0.614. The van der Waals surface area contributed by atoms with Crippen LogP contribution in [0.5, 0.6) is 0 Å². The van der Waals surface area contributed by atoms with Gasteiger partial charge >= 0.3 is 0 Å². The Labute approximate surface area is 147 Å². The summed E-state index contributed by atoms with van der Waals surface area (Å²) in [4.78, 5) is 23.5. The van der Waals surface area contributed by atoms with Crippen molar-refractivity contribution in [3.05, 3.63) is 12.5 Å². The van der Waals surface area contributed by atoms with E-state index in [-0.39, 0.29) is 11.9 Å². The van der Waals surface area contributed by atoms with Gasteiger partial charge in [0, 0.05) is 19.1 Å². The molecule has 3 rings (SSSR count). The summed E-state index contributed by atoms with van der Waals surface area (Å²) in [5.41, 5.74) is 0.799. The standard InChI is InChI=1S/C17H25N5OS/c1-12(2)22(13-7-5-4-6-8-13)15(23)10-24-17-14-9-20-21(3)16(14)18-11-19-17/h9,11-13H,4-8,10H2,1-3H3. The number of hydrogen-bond donors (Lipinski definition) is 0. The molecule has 0 N–H and O–H groups in total. The molecule has 7 heteroatoms. The smallest absolute Gasteiger partial charge is 0.233 e. The Balaban J connectivity index is 1.70. The molecule has 1 saturated carbocycles. The monoisotopic (exact) mass is 347 g/mol. The molecule has 0 aliphatic heterocycles.